The van der Waals surface area contributed by atoms with Crippen LogP contribution in [-0.4, -0.2) is 10.8 Å². The van der Waals surface area contributed by atoms with Gasteiger partial charge in [0.2, 0.25) is 0 Å². The topological polar surface area (TPSA) is 72.2 Å². The number of nitro groups is 1. The highest BCUT2D eigenvalue weighted by atomic mass is 35.5. The number of halogens is 3. The summed E-state index contributed by atoms with van der Waals surface area (Å²) in [6.45, 7) is 0. The Bertz CT molecular complexity index is 737. The molecule has 0 bridgehead atoms. The van der Waals surface area contributed by atoms with Crippen LogP contribution in [0.1, 0.15) is 10.4 Å². The van der Waals surface area contributed by atoms with Gasteiger partial charge in [0.1, 0.15) is 11.6 Å². The first kappa shape index (κ1) is 14.9. The second-order valence-corrected chi connectivity index (χ2v) is 4.41. The number of hydrogen-bond acceptors (Lipinski definition) is 3. The molecule has 1 N–H and O–H groups in total. The van der Waals surface area contributed by atoms with E-state index in [1.807, 2.05) is 0 Å². The molecule has 2 rings (SSSR count). The van der Waals surface area contributed by atoms with Crippen molar-refractivity contribution in [1.82, 2.24) is 0 Å². The van der Waals surface area contributed by atoms with Crippen LogP contribution in [0.5, 0.6) is 0 Å². The van der Waals surface area contributed by atoms with Gasteiger partial charge in [-0.1, -0.05) is 11.6 Å². The smallest absolute Gasteiger partial charge is 0.271 e. The monoisotopic (exact) mass is 312 g/mol. The number of rotatable bonds is 3. The zero-order chi connectivity index (χ0) is 15.6. The molecule has 0 heterocycles. The third-order valence-electron chi connectivity index (χ3n) is 2.58. The Labute approximate surface area is 122 Å². The molecule has 0 atom stereocenters. The Hall–Kier alpha value is -2.54. The molecule has 8 heteroatoms. The van der Waals surface area contributed by atoms with Crippen LogP contribution in [0.15, 0.2) is 36.4 Å². The first-order chi connectivity index (χ1) is 9.88. The van der Waals surface area contributed by atoms with Crippen molar-refractivity contribution in [3.63, 3.8) is 0 Å². The van der Waals surface area contributed by atoms with Crippen molar-refractivity contribution < 1.29 is 18.5 Å². The first-order valence-corrected chi connectivity index (χ1v) is 5.96. The van der Waals surface area contributed by atoms with Crippen LogP contribution in [0.4, 0.5) is 20.2 Å². The number of carbonyl (C=O) groups excluding carboxylic acids is 1. The molecule has 1 amide bonds. The van der Waals surface area contributed by atoms with Crippen LogP contribution in [0.2, 0.25) is 5.02 Å². The number of carbonyl (C=O) groups is 1. The van der Waals surface area contributed by atoms with Crippen LogP contribution in [-0.2, 0) is 0 Å². The van der Waals surface area contributed by atoms with E-state index in [0.29, 0.717) is 6.07 Å². The molecule has 0 saturated heterocycles. The number of benzene rings is 2. The van der Waals surface area contributed by atoms with Gasteiger partial charge in [-0.3, -0.25) is 14.9 Å². The van der Waals surface area contributed by atoms with Gasteiger partial charge in [-0.05, 0) is 18.2 Å². The van der Waals surface area contributed by atoms with Gasteiger partial charge in [0, 0.05) is 18.2 Å². The van der Waals surface area contributed by atoms with Crippen LogP contribution >= 0.6 is 11.6 Å². The number of non-ortho nitro benzene ring substituents is 1. The lowest BCUT2D eigenvalue weighted by atomic mass is 10.2. The molecular formula is C13H7ClF2N2O3. The molecule has 0 aliphatic carbocycles. The fourth-order valence-corrected chi connectivity index (χ4v) is 1.75. The number of nitro benzene ring substituents is 1. The fourth-order valence-electron chi connectivity index (χ4n) is 1.59. The lowest BCUT2D eigenvalue weighted by Gasteiger charge is -2.08. The van der Waals surface area contributed by atoms with Crippen molar-refractivity contribution in [2.75, 3.05) is 5.32 Å². The van der Waals surface area contributed by atoms with E-state index in [1.165, 1.54) is 6.07 Å². The van der Waals surface area contributed by atoms with Gasteiger partial charge in [0.15, 0.2) is 0 Å². The van der Waals surface area contributed by atoms with Crippen molar-refractivity contribution in [2.45, 2.75) is 0 Å². The fraction of sp³-hybridized carbons (Fsp3) is 0. The molecule has 0 aromatic heterocycles. The Morgan fingerprint density at radius 2 is 1.90 bits per heavy atom. The zero-order valence-corrected chi connectivity index (χ0v) is 11.0. The predicted molar refractivity (Wildman–Crippen MR) is 72.4 cm³/mol. The molecule has 0 aliphatic heterocycles. The summed E-state index contributed by atoms with van der Waals surface area (Å²) in [5.74, 6) is -2.76. The summed E-state index contributed by atoms with van der Waals surface area (Å²) in [6, 6.07) is 5.89. The van der Waals surface area contributed by atoms with E-state index in [4.69, 9.17) is 11.6 Å². The maximum absolute atomic E-state index is 13.5. The number of nitrogens with zero attached hydrogens (tertiary/aromatic N) is 1. The zero-order valence-electron chi connectivity index (χ0n) is 10.3. The van der Waals surface area contributed by atoms with E-state index < -0.39 is 28.0 Å². The Morgan fingerprint density at radius 3 is 2.52 bits per heavy atom. The Balaban J connectivity index is 2.31. The van der Waals surface area contributed by atoms with E-state index in [-0.39, 0.29) is 16.4 Å². The van der Waals surface area contributed by atoms with E-state index in [1.54, 1.807) is 0 Å². The highest BCUT2D eigenvalue weighted by Gasteiger charge is 2.16. The molecule has 5 nitrogen and oxygen atoms in total. The van der Waals surface area contributed by atoms with Crippen LogP contribution in [0.25, 0.3) is 0 Å². The maximum atomic E-state index is 13.5. The summed E-state index contributed by atoms with van der Waals surface area (Å²) < 4.78 is 26.2. The number of nitrogens with one attached hydrogen (secondary N) is 1. The molecule has 0 spiro atoms. The third-order valence-corrected chi connectivity index (χ3v) is 2.91. The average molecular weight is 313 g/mol. The molecular weight excluding hydrogens is 306 g/mol. The van der Waals surface area contributed by atoms with Gasteiger partial charge in [-0.25, -0.2) is 8.78 Å². The summed E-state index contributed by atoms with van der Waals surface area (Å²) in [6.07, 6.45) is 0. The van der Waals surface area contributed by atoms with Gasteiger partial charge in [-0.2, -0.15) is 0 Å². The number of amides is 1. The van der Waals surface area contributed by atoms with E-state index >= 15 is 0 Å². The largest absolute Gasteiger partial charge is 0.320 e. The second-order valence-electron chi connectivity index (χ2n) is 4.00. The molecule has 2 aromatic rings. The van der Waals surface area contributed by atoms with Gasteiger partial charge in [0.25, 0.3) is 11.6 Å². The first-order valence-electron chi connectivity index (χ1n) is 5.59. The minimum Gasteiger partial charge on any atom is -0.320 e. The molecule has 0 unspecified atom stereocenters. The molecule has 21 heavy (non-hydrogen) atoms. The Kier molecular flexibility index (Phi) is 4.13. The molecule has 0 fully saturated rings. The molecule has 0 aliphatic rings. The van der Waals surface area contributed by atoms with Crippen molar-refractivity contribution in [1.29, 1.82) is 0 Å². The van der Waals surface area contributed by atoms with Crippen molar-refractivity contribution in [3.05, 3.63) is 68.7 Å². The summed E-state index contributed by atoms with van der Waals surface area (Å²) in [5, 5.41) is 13.0. The summed E-state index contributed by atoms with van der Waals surface area (Å²) in [4.78, 5) is 21.9. The van der Waals surface area contributed by atoms with Crippen LogP contribution in [0, 0.1) is 21.7 Å². The summed E-state index contributed by atoms with van der Waals surface area (Å²) in [5.41, 5.74) is -0.729. The van der Waals surface area contributed by atoms with Crippen molar-refractivity contribution in [2.24, 2.45) is 0 Å². The molecule has 108 valence electrons. The van der Waals surface area contributed by atoms with Crippen molar-refractivity contribution in [3.8, 4) is 0 Å². The lowest BCUT2D eigenvalue weighted by Crippen LogP contribution is -2.14. The van der Waals surface area contributed by atoms with Gasteiger partial charge < -0.3 is 5.32 Å². The molecule has 0 radical (unpaired) electrons. The van der Waals surface area contributed by atoms with Crippen LogP contribution < -0.4 is 5.32 Å². The van der Waals surface area contributed by atoms with E-state index in [0.717, 1.165) is 24.3 Å². The standard InChI is InChI=1S/C13H7ClF2N2O3/c14-10-4-2-8(18(20)21)6-12(10)17-13(19)9-3-1-7(15)5-11(9)16/h1-6H,(H,17,19). The second kappa shape index (κ2) is 5.84. The average Bonchev–Trinajstić information content (AvgIpc) is 2.40. The quantitative estimate of drug-likeness (QED) is 0.692. The van der Waals surface area contributed by atoms with Gasteiger partial charge >= 0.3 is 0 Å². The van der Waals surface area contributed by atoms with E-state index in [2.05, 4.69) is 5.32 Å². The van der Waals surface area contributed by atoms with E-state index in [9.17, 15) is 23.7 Å². The highest BCUT2D eigenvalue weighted by molar-refractivity contribution is 6.34. The number of anilines is 1. The predicted octanol–water partition coefficient (Wildman–Crippen LogP) is 3.78. The van der Waals surface area contributed by atoms with Crippen molar-refractivity contribution >= 4 is 28.9 Å². The Morgan fingerprint density at radius 1 is 1.19 bits per heavy atom. The summed E-state index contributed by atoms with van der Waals surface area (Å²) in [7, 11) is 0. The minimum atomic E-state index is -1.05. The van der Waals surface area contributed by atoms with Gasteiger partial charge in [0.05, 0.1) is 21.2 Å². The molecule has 0 saturated carbocycles. The SMILES string of the molecule is O=C(Nc1cc([N+](=O)[O-])ccc1Cl)c1ccc(F)cc1F. The lowest BCUT2D eigenvalue weighted by molar-refractivity contribution is -0.384. The minimum absolute atomic E-state index is 0.0420. The molecule has 2 aromatic carbocycles. The third kappa shape index (κ3) is 3.32. The normalized spacial score (nSPS) is 10.2. The highest BCUT2D eigenvalue weighted by Crippen LogP contribution is 2.27. The van der Waals surface area contributed by atoms with Gasteiger partial charge in [-0.15, -0.1) is 0 Å². The maximum Gasteiger partial charge on any atom is 0.271 e. The summed E-state index contributed by atoms with van der Waals surface area (Å²) >= 11 is 5.81. The number of hydrogen-bond donors (Lipinski definition) is 1. The van der Waals surface area contributed by atoms with Crippen LogP contribution in [0.3, 0.4) is 0 Å².